The van der Waals surface area contributed by atoms with Gasteiger partial charge in [0, 0.05) is 28.9 Å². The van der Waals surface area contributed by atoms with E-state index in [0.29, 0.717) is 24.2 Å². The predicted octanol–water partition coefficient (Wildman–Crippen LogP) is 3.99. The zero-order valence-corrected chi connectivity index (χ0v) is 14.5. The number of Topliss-reactive ketones (excluding diaryl/α,β-unsaturated/α-hetero) is 1. The summed E-state index contributed by atoms with van der Waals surface area (Å²) in [4.78, 5) is 26.2. The Morgan fingerprint density at radius 1 is 1.29 bits per heavy atom. The molecule has 0 amide bonds. The number of rotatable bonds is 7. The molecule has 1 aliphatic rings. The number of thioether (sulfide) groups is 1. The number of carbonyl (C=O) groups is 2. The van der Waals surface area contributed by atoms with Crippen molar-refractivity contribution in [2.24, 2.45) is 0 Å². The van der Waals surface area contributed by atoms with Gasteiger partial charge in [-0.1, -0.05) is 25.5 Å². The summed E-state index contributed by atoms with van der Waals surface area (Å²) < 4.78 is 1.87. The number of carbonyl (C=O) groups excluding carboxylic acids is 1. The zero-order valence-electron chi connectivity index (χ0n) is 13.7. The molecule has 5 heteroatoms. The van der Waals surface area contributed by atoms with Gasteiger partial charge in [-0.3, -0.25) is 9.59 Å². The van der Waals surface area contributed by atoms with E-state index in [1.54, 1.807) is 30.0 Å². The van der Waals surface area contributed by atoms with Crippen molar-refractivity contribution in [2.75, 3.05) is 5.75 Å². The third-order valence-electron chi connectivity index (χ3n) is 4.61. The number of aryl methyl sites for hydroxylation is 1. The number of carboxylic acid groups (broad SMARTS) is 1. The van der Waals surface area contributed by atoms with Crippen LogP contribution in [0.4, 0.5) is 0 Å². The topological polar surface area (TPSA) is 59.3 Å². The summed E-state index contributed by atoms with van der Waals surface area (Å²) in [7, 11) is 0. The molecule has 3 rings (SSSR count). The van der Waals surface area contributed by atoms with Crippen LogP contribution in [0.3, 0.4) is 0 Å². The molecule has 1 aliphatic heterocycles. The lowest BCUT2D eigenvalue weighted by Crippen LogP contribution is -2.42. The van der Waals surface area contributed by atoms with Crippen LogP contribution in [-0.2, 0) is 16.8 Å². The monoisotopic (exact) mass is 343 g/mol. The Morgan fingerprint density at radius 3 is 2.88 bits per heavy atom. The highest BCUT2D eigenvalue weighted by Crippen LogP contribution is 2.39. The molecule has 24 heavy (non-hydrogen) atoms. The molecule has 2 heterocycles. The quantitative estimate of drug-likeness (QED) is 0.357. The van der Waals surface area contributed by atoms with Crippen molar-refractivity contribution in [1.29, 1.82) is 0 Å². The lowest BCUT2D eigenvalue weighted by Gasteiger charge is -2.22. The number of hydrogen-bond acceptors (Lipinski definition) is 3. The number of aromatic nitrogens is 1. The number of aliphatic carboxylic acids is 1. The minimum absolute atomic E-state index is 0.310. The van der Waals surface area contributed by atoms with Gasteiger partial charge in [0.25, 0.3) is 0 Å². The van der Waals surface area contributed by atoms with E-state index < -0.39 is 11.4 Å². The van der Waals surface area contributed by atoms with Crippen LogP contribution in [0.2, 0.25) is 0 Å². The Bertz CT molecular complexity index is 767. The molecule has 0 saturated carbocycles. The smallest absolute Gasteiger partial charge is 0.323 e. The van der Waals surface area contributed by atoms with Gasteiger partial charge >= 0.3 is 5.97 Å². The van der Waals surface area contributed by atoms with Crippen molar-refractivity contribution >= 4 is 23.5 Å². The maximum Gasteiger partial charge on any atom is 0.323 e. The van der Waals surface area contributed by atoms with Crippen molar-refractivity contribution in [1.82, 2.24) is 4.57 Å². The Kier molecular flexibility index (Phi) is 4.81. The molecule has 0 fully saturated rings. The Balaban J connectivity index is 1.93. The molecule has 1 N–H and O–H groups in total. The van der Waals surface area contributed by atoms with E-state index in [0.717, 1.165) is 23.5 Å². The van der Waals surface area contributed by atoms with E-state index in [2.05, 4.69) is 6.92 Å². The van der Waals surface area contributed by atoms with Crippen LogP contribution in [0, 0.1) is 0 Å². The fourth-order valence-electron chi connectivity index (χ4n) is 3.26. The molecule has 1 unspecified atom stereocenters. The van der Waals surface area contributed by atoms with Crippen LogP contribution >= 0.6 is 11.8 Å². The van der Waals surface area contributed by atoms with Crippen molar-refractivity contribution in [3.05, 3.63) is 53.9 Å². The first-order valence-electron chi connectivity index (χ1n) is 8.26. The predicted molar refractivity (Wildman–Crippen MR) is 94.8 cm³/mol. The van der Waals surface area contributed by atoms with E-state index in [-0.39, 0.29) is 5.78 Å². The molecule has 1 aromatic heterocycles. The van der Waals surface area contributed by atoms with Crippen LogP contribution in [0.15, 0.2) is 47.5 Å². The summed E-state index contributed by atoms with van der Waals surface area (Å²) >= 11 is 1.71. The summed E-state index contributed by atoms with van der Waals surface area (Å²) in [6, 6.07) is 10.9. The summed E-state index contributed by atoms with van der Waals surface area (Å²) in [5, 5.41) is 9.86. The SMILES string of the molecule is CCCCSc1cccc(C(=O)C2(C(=O)O)CCn3cccc32)c1. The average Bonchev–Trinajstić information content (AvgIpc) is 3.17. The first-order valence-corrected chi connectivity index (χ1v) is 9.25. The number of benzene rings is 1. The molecule has 0 spiro atoms. The number of unbranched alkanes of at least 4 members (excludes halogenated alkanes) is 1. The second-order valence-corrected chi connectivity index (χ2v) is 7.27. The van der Waals surface area contributed by atoms with Gasteiger partial charge in [0.2, 0.25) is 0 Å². The van der Waals surface area contributed by atoms with Gasteiger partial charge < -0.3 is 9.67 Å². The number of fused-ring (bicyclic) bond motifs is 1. The standard InChI is InChI=1S/C19H21NO3S/c1-2-3-12-24-15-7-4-6-14(13-15)17(21)19(18(22)23)9-11-20-10-5-8-16(19)20/h4-8,10,13H,2-3,9,11-12H2,1H3,(H,22,23). The normalized spacial score (nSPS) is 19.2. The van der Waals surface area contributed by atoms with Gasteiger partial charge in [0.1, 0.15) is 0 Å². The van der Waals surface area contributed by atoms with E-state index in [1.165, 1.54) is 0 Å². The summed E-state index contributed by atoms with van der Waals surface area (Å²) in [5.74, 6) is -0.375. The molecule has 4 nitrogen and oxygen atoms in total. The third-order valence-corrected chi connectivity index (χ3v) is 5.69. The molecule has 2 aromatic rings. The minimum Gasteiger partial charge on any atom is -0.480 e. The van der Waals surface area contributed by atoms with Crippen LogP contribution in [0.5, 0.6) is 0 Å². The highest BCUT2D eigenvalue weighted by Gasteiger charge is 2.52. The lowest BCUT2D eigenvalue weighted by atomic mass is 9.76. The van der Waals surface area contributed by atoms with Crippen molar-refractivity contribution in [2.45, 2.75) is 43.0 Å². The summed E-state index contributed by atoms with van der Waals surface area (Å²) in [5.41, 5.74) is -0.395. The second kappa shape index (κ2) is 6.85. The number of carboxylic acids is 1. The first kappa shape index (κ1) is 16.8. The van der Waals surface area contributed by atoms with Gasteiger partial charge in [0.05, 0.1) is 0 Å². The Labute approximate surface area is 145 Å². The lowest BCUT2D eigenvalue weighted by molar-refractivity contribution is -0.141. The molecule has 0 aliphatic carbocycles. The van der Waals surface area contributed by atoms with Gasteiger partial charge in [-0.25, -0.2) is 0 Å². The van der Waals surface area contributed by atoms with E-state index >= 15 is 0 Å². The fraction of sp³-hybridized carbons (Fsp3) is 0.368. The van der Waals surface area contributed by atoms with Gasteiger partial charge in [-0.05, 0) is 42.9 Å². The molecular formula is C19H21NO3S. The highest BCUT2D eigenvalue weighted by molar-refractivity contribution is 7.99. The second-order valence-electron chi connectivity index (χ2n) is 6.11. The minimum atomic E-state index is -1.46. The summed E-state index contributed by atoms with van der Waals surface area (Å²) in [6.45, 7) is 2.71. The molecule has 0 radical (unpaired) electrons. The van der Waals surface area contributed by atoms with Gasteiger partial charge in [-0.15, -0.1) is 11.8 Å². The highest BCUT2D eigenvalue weighted by atomic mass is 32.2. The Hall–Kier alpha value is -2.01. The van der Waals surface area contributed by atoms with Crippen LogP contribution in [0.25, 0.3) is 0 Å². The van der Waals surface area contributed by atoms with E-state index in [1.807, 2.05) is 29.0 Å². The molecule has 0 bridgehead atoms. The summed E-state index contributed by atoms with van der Waals surface area (Å²) in [6.07, 6.45) is 4.40. The van der Waals surface area contributed by atoms with E-state index in [4.69, 9.17) is 0 Å². The number of nitrogens with zero attached hydrogens (tertiary/aromatic N) is 1. The van der Waals surface area contributed by atoms with Gasteiger partial charge in [-0.2, -0.15) is 0 Å². The van der Waals surface area contributed by atoms with Crippen molar-refractivity contribution in [3.8, 4) is 0 Å². The largest absolute Gasteiger partial charge is 0.480 e. The average molecular weight is 343 g/mol. The number of hydrogen-bond donors (Lipinski definition) is 1. The Morgan fingerprint density at radius 2 is 2.12 bits per heavy atom. The fourth-order valence-corrected chi connectivity index (χ4v) is 4.32. The first-order chi connectivity index (χ1) is 11.6. The van der Waals surface area contributed by atoms with Crippen LogP contribution < -0.4 is 0 Å². The molecule has 1 atom stereocenters. The van der Waals surface area contributed by atoms with Crippen molar-refractivity contribution < 1.29 is 14.7 Å². The molecular weight excluding hydrogens is 322 g/mol. The molecule has 126 valence electrons. The zero-order chi connectivity index (χ0) is 17.2. The van der Waals surface area contributed by atoms with Gasteiger partial charge in [0.15, 0.2) is 11.2 Å². The maximum atomic E-state index is 13.1. The van der Waals surface area contributed by atoms with E-state index in [9.17, 15) is 14.7 Å². The number of ketones is 1. The molecule has 1 aromatic carbocycles. The van der Waals surface area contributed by atoms with Crippen LogP contribution in [-0.4, -0.2) is 27.2 Å². The van der Waals surface area contributed by atoms with Crippen LogP contribution in [0.1, 0.15) is 42.2 Å². The third kappa shape index (κ3) is 2.77. The maximum absolute atomic E-state index is 13.1. The molecule has 0 saturated heterocycles. The van der Waals surface area contributed by atoms with Crippen molar-refractivity contribution in [3.63, 3.8) is 0 Å².